The average molecular weight is 269 g/mol. The summed E-state index contributed by atoms with van der Waals surface area (Å²) >= 11 is 3.41. The fraction of sp³-hybridized carbons (Fsp3) is 0. The first-order valence-electron chi connectivity index (χ1n) is 4.97. The van der Waals surface area contributed by atoms with Crippen LogP contribution in [0.4, 0.5) is 0 Å². The maximum absolute atomic E-state index is 5.65. The molecule has 0 heterocycles. The number of hydrogen-bond acceptors (Lipinski definition) is 0. The second kappa shape index (κ2) is 4.71. The van der Waals surface area contributed by atoms with Crippen LogP contribution in [0, 0.1) is 0 Å². The highest BCUT2D eigenvalue weighted by molar-refractivity contribution is 9.10. The first-order chi connectivity index (χ1) is 7.66. The van der Waals surface area contributed by atoms with Crippen molar-refractivity contribution in [2.24, 2.45) is 0 Å². The van der Waals surface area contributed by atoms with Crippen molar-refractivity contribution in [3.8, 4) is 0 Å². The average Bonchev–Trinajstić information content (AvgIpc) is 2.30. The lowest BCUT2D eigenvalue weighted by Crippen LogP contribution is -2.00. The molecule has 2 aromatic carbocycles. The minimum Gasteiger partial charge on any atom is -0.0966 e. The summed E-state index contributed by atoms with van der Waals surface area (Å²) < 4.78 is 1.07. The first-order valence-corrected chi connectivity index (χ1v) is 5.77. The normalized spacial score (nSPS) is 10.1. The molecule has 0 saturated carbocycles. The minimum atomic E-state index is 0.771. The molecular weight excluding hydrogens is 259 g/mol. The van der Waals surface area contributed by atoms with Gasteiger partial charge in [0.1, 0.15) is 7.85 Å². The van der Waals surface area contributed by atoms with E-state index in [4.69, 9.17) is 7.85 Å². The Labute approximate surface area is 106 Å². The predicted octanol–water partition coefficient (Wildman–Crippen LogP) is 3.30. The number of rotatable bonds is 2. The summed E-state index contributed by atoms with van der Waals surface area (Å²) in [5.41, 5.74) is 3.99. The second-order valence-corrected chi connectivity index (χ2v) is 4.52. The van der Waals surface area contributed by atoms with Gasteiger partial charge in [0.2, 0.25) is 0 Å². The zero-order chi connectivity index (χ0) is 11.5. The molecule has 2 heteroatoms. The van der Waals surface area contributed by atoms with Crippen molar-refractivity contribution in [1.29, 1.82) is 0 Å². The van der Waals surface area contributed by atoms with Crippen LogP contribution in [-0.4, -0.2) is 7.85 Å². The van der Waals surface area contributed by atoms with E-state index in [9.17, 15) is 0 Å². The summed E-state index contributed by atoms with van der Waals surface area (Å²) in [5, 5.41) is 0. The molecule has 0 fully saturated rings. The third kappa shape index (κ3) is 2.45. The zero-order valence-electron chi connectivity index (χ0n) is 8.78. The van der Waals surface area contributed by atoms with Crippen molar-refractivity contribution in [3.63, 3.8) is 0 Å². The van der Waals surface area contributed by atoms with Gasteiger partial charge in [-0.3, -0.25) is 0 Å². The van der Waals surface area contributed by atoms with Crippen LogP contribution in [0.25, 0.3) is 5.57 Å². The van der Waals surface area contributed by atoms with E-state index < -0.39 is 0 Å². The molecule has 16 heavy (non-hydrogen) atoms. The van der Waals surface area contributed by atoms with Crippen LogP contribution < -0.4 is 5.46 Å². The van der Waals surface area contributed by atoms with E-state index in [-0.39, 0.29) is 0 Å². The van der Waals surface area contributed by atoms with Gasteiger partial charge in [-0.2, -0.15) is 0 Å². The maximum atomic E-state index is 5.65. The van der Waals surface area contributed by atoms with E-state index in [1.807, 2.05) is 48.5 Å². The summed E-state index contributed by atoms with van der Waals surface area (Å²) in [4.78, 5) is 0. The fourth-order valence-corrected chi connectivity index (χ4v) is 1.77. The zero-order valence-corrected chi connectivity index (χ0v) is 10.4. The standard InChI is InChI=1S/C14H10BBr/c1-10(11-2-6-13(15)7-3-11)12-4-8-14(16)9-5-12/h2-9H,1H2. The molecule has 0 aromatic heterocycles. The van der Waals surface area contributed by atoms with Gasteiger partial charge in [-0.1, -0.05) is 64.4 Å². The van der Waals surface area contributed by atoms with Gasteiger partial charge in [-0.05, 0) is 28.8 Å². The SMILES string of the molecule is [B]c1ccc(C(=C)c2ccc(Br)cc2)cc1. The van der Waals surface area contributed by atoms with Crippen LogP contribution in [0.15, 0.2) is 59.6 Å². The summed E-state index contributed by atoms with van der Waals surface area (Å²) in [6.45, 7) is 4.10. The molecule has 0 nitrogen and oxygen atoms in total. The lowest BCUT2D eigenvalue weighted by atomic mass is 9.92. The van der Waals surface area contributed by atoms with Gasteiger partial charge in [0.25, 0.3) is 0 Å². The minimum absolute atomic E-state index is 0.771. The van der Waals surface area contributed by atoms with Crippen molar-refractivity contribution < 1.29 is 0 Å². The van der Waals surface area contributed by atoms with Gasteiger partial charge >= 0.3 is 0 Å². The molecule has 0 amide bonds. The van der Waals surface area contributed by atoms with E-state index in [1.54, 1.807) is 0 Å². The molecule has 2 aromatic rings. The Morgan fingerprint density at radius 3 is 1.81 bits per heavy atom. The van der Waals surface area contributed by atoms with E-state index in [1.165, 1.54) is 0 Å². The number of halogens is 1. The van der Waals surface area contributed by atoms with Gasteiger partial charge in [-0.15, -0.1) is 0 Å². The molecule has 0 N–H and O–H groups in total. The number of benzene rings is 2. The van der Waals surface area contributed by atoms with Gasteiger partial charge < -0.3 is 0 Å². The second-order valence-electron chi connectivity index (χ2n) is 3.61. The highest BCUT2D eigenvalue weighted by Gasteiger charge is 2.01. The Kier molecular flexibility index (Phi) is 3.30. The quantitative estimate of drug-likeness (QED) is 0.734. The molecule has 0 atom stereocenters. The molecular formula is C14H10BBr. The maximum Gasteiger partial charge on any atom is 0.113 e. The third-order valence-corrected chi connectivity index (χ3v) is 2.98. The molecule has 0 unspecified atom stereocenters. The highest BCUT2D eigenvalue weighted by atomic mass is 79.9. The summed E-state index contributed by atoms with van der Waals surface area (Å²) in [6, 6.07) is 15.9. The van der Waals surface area contributed by atoms with Gasteiger partial charge in [0.05, 0.1) is 0 Å². The van der Waals surface area contributed by atoms with Crippen molar-refractivity contribution in [2.45, 2.75) is 0 Å². The smallest absolute Gasteiger partial charge is 0.0966 e. The third-order valence-electron chi connectivity index (χ3n) is 2.45. The summed E-state index contributed by atoms with van der Waals surface area (Å²) in [5.74, 6) is 0. The largest absolute Gasteiger partial charge is 0.113 e. The fourth-order valence-electron chi connectivity index (χ4n) is 1.50. The molecule has 2 radical (unpaired) electrons. The molecule has 0 aliphatic rings. The van der Waals surface area contributed by atoms with E-state index >= 15 is 0 Å². The van der Waals surface area contributed by atoms with Gasteiger partial charge in [0, 0.05) is 4.47 Å². The highest BCUT2D eigenvalue weighted by Crippen LogP contribution is 2.22. The first kappa shape index (κ1) is 11.2. The van der Waals surface area contributed by atoms with Crippen molar-refractivity contribution in [1.82, 2.24) is 0 Å². The predicted molar refractivity (Wildman–Crippen MR) is 74.1 cm³/mol. The summed E-state index contributed by atoms with van der Waals surface area (Å²) in [7, 11) is 5.65. The number of hydrogen-bond donors (Lipinski definition) is 0. The van der Waals surface area contributed by atoms with Crippen LogP contribution in [0.1, 0.15) is 11.1 Å². The Hall–Kier alpha value is -1.28. The molecule has 0 bridgehead atoms. The van der Waals surface area contributed by atoms with E-state index in [0.29, 0.717) is 0 Å². The van der Waals surface area contributed by atoms with Crippen molar-refractivity contribution in [2.75, 3.05) is 0 Å². The molecule has 76 valence electrons. The van der Waals surface area contributed by atoms with Crippen LogP contribution in [-0.2, 0) is 0 Å². The molecule has 0 saturated heterocycles. The Bertz CT molecular complexity index is 450. The molecule has 2 rings (SSSR count). The van der Waals surface area contributed by atoms with Crippen LogP contribution in [0.2, 0.25) is 0 Å². The van der Waals surface area contributed by atoms with Crippen LogP contribution in [0.5, 0.6) is 0 Å². The lowest BCUT2D eigenvalue weighted by molar-refractivity contribution is 1.55. The van der Waals surface area contributed by atoms with Crippen molar-refractivity contribution in [3.05, 3.63) is 70.7 Å². The van der Waals surface area contributed by atoms with Crippen LogP contribution in [0.3, 0.4) is 0 Å². The topological polar surface area (TPSA) is 0 Å². The Morgan fingerprint density at radius 2 is 1.31 bits per heavy atom. The van der Waals surface area contributed by atoms with Gasteiger partial charge in [-0.25, -0.2) is 0 Å². The Balaban J connectivity index is 2.32. The monoisotopic (exact) mass is 268 g/mol. The summed E-state index contributed by atoms with van der Waals surface area (Å²) in [6.07, 6.45) is 0. The van der Waals surface area contributed by atoms with E-state index in [0.717, 1.165) is 26.6 Å². The molecule has 0 aliphatic carbocycles. The molecule has 0 aliphatic heterocycles. The molecule has 0 spiro atoms. The van der Waals surface area contributed by atoms with E-state index in [2.05, 4.69) is 22.5 Å². The lowest BCUT2D eigenvalue weighted by Gasteiger charge is -2.06. The Morgan fingerprint density at radius 1 is 0.875 bits per heavy atom. The van der Waals surface area contributed by atoms with Crippen LogP contribution >= 0.6 is 15.9 Å². The van der Waals surface area contributed by atoms with Gasteiger partial charge in [0.15, 0.2) is 0 Å². The van der Waals surface area contributed by atoms with Crippen molar-refractivity contribution >= 4 is 34.8 Å².